The highest BCUT2D eigenvalue weighted by atomic mass is 35.5. The van der Waals surface area contributed by atoms with Crippen LogP contribution in [0.4, 0.5) is 0 Å². The van der Waals surface area contributed by atoms with Crippen molar-refractivity contribution >= 4 is 45.8 Å². The second kappa shape index (κ2) is 10.8. The van der Waals surface area contributed by atoms with Crippen molar-refractivity contribution in [3.05, 3.63) is 81.8 Å². The van der Waals surface area contributed by atoms with Crippen molar-refractivity contribution in [2.24, 2.45) is 0 Å². The van der Waals surface area contributed by atoms with Gasteiger partial charge in [0.25, 0.3) is 0 Å². The number of rotatable bonds is 8. The lowest BCUT2D eigenvalue weighted by molar-refractivity contribution is -0.140. The maximum atomic E-state index is 13.3. The fourth-order valence-electron chi connectivity index (χ4n) is 3.72. The largest absolute Gasteiger partial charge is 0.352 e. The molecule has 3 aromatic carbocycles. The number of nitrogens with zero attached hydrogens (tertiary/aromatic N) is 1. The number of amides is 2. The van der Waals surface area contributed by atoms with E-state index < -0.39 is 6.04 Å². The monoisotopic (exact) mass is 470 g/mol. The standard InChI is InChI=1S/C26H28Cl2N2O2/c1-17(2)29-26(32)18(3)30(16-21-11-13-22(27)15-24(21)28)25(31)14-12-20-9-6-8-19-7-4-5-10-23(19)20/h4-11,13,15,17-18H,12,14,16H2,1-3H3,(H,29,32)/t18-/m0/s1. The van der Waals surface area contributed by atoms with Gasteiger partial charge in [0, 0.05) is 29.1 Å². The highest BCUT2D eigenvalue weighted by Crippen LogP contribution is 2.24. The Labute approximate surface area is 199 Å². The zero-order chi connectivity index (χ0) is 23.3. The molecule has 0 saturated heterocycles. The molecule has 0 fully saturated rings. The molecule has 4 nitrogen and oxygen atoms in total. The van der Waals surface area contributed by atoms with Crippen LogP contribution in [0.3, 0.4) is 0 Å². The van der Waals surface area contributed by atoms with Gasteiger partial charge in [-0.3, -0.25) is 9.59 Å². The van der Waals surface area contributed by atoms with Gasteiger partial charge in [0.1, 0.15) is 6.04 Å². The number of fused-ring (bicyclic) bond motifs is 1. The van der Waals surface area contributed by atoms with Gasteiger partial charge in [-0.2, -0.15) is 0 Å². The molecule has 1 atom stereocenters. The second-order valence-electron chi connectivity index (χ2n) is 8.23. The van der Waals surface area contributed by atoms with Crippen LogP contribution in [0.5, 0.6) is 0 Å². The van der Waals surface area contributed by atoms with E-state index in [-0.39, 0.29) is 24.4 Å². The molecule has 0 radical (unpaired) electrons. The van der Waals surface area contributed by atoms with Gasteiger partial charge in [0.2, 0.25) is 11.8 Å². The summed E-state index contributed by atoms with van der Waals surface area (Å²) in [6, 6.07) is 18.8. The number of aryl methyl sites for hydroxylation is 1. The first kappa shape index (κ1) is 24.1. The quantitative estimate of drug-likeness (QED) is 0.437. The smallest absolute Gasteiger partial charge is 0.242 e. The molecular formula is C26H28Cl2N2O2. The van der Waals surface area contributed by atoms with E-state index in [1.54, 1.807) is 30.0 Å². The minimum absolute atomic E-state index is 0.0169. The molecule has 0 aliphatic heterocycles. The van der Waals surface area contributed by atoms with Crippen LogP contribution in [-0.4, -0.2) is 28.8 Å². The zero-order valence-corrected chi connectivity index (χ0v) is 20.1. The Balaban J connectivity index is 1.82. The van der Waals surface area contributed by atoms with E-state index in [0.29, 0.717) is 22.9 Å². The third-order valence-electron chi connectivity index (χ3n) is 5.44. The summed E-state index contributed by atoms with van der Waals surface area (Å²) in [6.45, 7) is 5.77. The molecule has 0 aliphatic rings. The molecule has 0 heterocycles. The predicted molar refractivity (Wildman–Crippen MR) is 132 cm³/mol. The lowest BCUT2D eigenvalue weighted by atomic mass is 10.0. The van der Waals surface area contributed by atoms with Gasteiger partial charge in [0.05, 0.1) is 0 Å². The van der Waals surface area contributed by atoms with E-state index in [1.807, 2.05) is 38.1 Å². The molecule has 1 N–H and O–H groups in total. The minimum atomic E-state index is -0.635. The summed E-state index contributed by atoms with van der Waals surface area (Å²) in [5, 5.41) is 6.18. The number of benzene rings is 3. The van der Waals surface area contributed by atoms with Crippen LogP contribution in [0.15, 0.2) is 60.7 Å². The van der Waals surface area contributed by atoms with Crippen molar-refractivity contribution in [1.82, 2.24) is 10.2 Å². The fraction of sp³-hybridized carbons (Fsp3) is 0.308. The third kappa shape index (κ3) is 6.02. The van der Waals surface area contributed by atoms with E-state index in [2.05, 4.69) is 23.5 Å². The molecule has 3 rings (SSSR count). The molecule has 0 aromatic heterocycles. The number of hydrogen-bond acceptors (Lipinski definition) is 2. The number of hydrogen-bond donors (Lipinski definition) is 1. The van der Waals surface area contributed by atoms with E-state index in [4.69, 9.17) is 23.2 Å². The minimum Gasteiger partial charge on any atom is -0.352 e. The van der Waals surface area contributed by atoms with E-state index in [0.717, 1.165) is 21.9 Å². The highest BCUT2D eigenvalue weighted by molar-refractivity contribution is 6.35. The molecule has 0 spiro atoms. The van der Waals surface area contributed by atoms with Gasteiger partial charge >= 0.3 is 0 Å². The molecule has 0 saturated carbocycles. The maximum absolute atomic E-state index is 13.3. The summed E-state index contributed by atoms with van der Waals surface area (Å²) in [4.78, 5) is 27.7. The van der Waals surface area contributed by atoms with Gasteiger partial charge in [-0.05, 0) is 61.2 Å². The van der Waals surface area contributed by atoms with Gasteiger partial charge in [-0.25, -0.2) is 0 Å². The molecule has 0 aliphatic carbocycles. The van der Waals surface area contributed by atoms with Crippen molar-refractivity contribution < 1.29 is 9.59 Å². The summed E-state index contributed by atoms with van der Waals surface area (Å²) in [5.41, 5.74) is 1.86. The average molecular weight is 471 g/mol. The van der Waals surface area contributed by atoms with Gasteiger partial charge < -0.3 is 10.2 Å². The summed E-state index contributed by atoms with van der Waals surface area (Å²) in [7, 11) is 0. The van der Waals surface area contributed by atoms with Crippen molar-refractivity contribution in [3.63, 3.8) is 0 Å². The highest BCUT2D eigenvalue weighted by Gasteiger charge is 2.27. The van der Waals surface area contributed by atoms with Crippen molar-refractivity contribution in [2.75, 3.05) is 0 Å². The number of halogens is 2. The molecule has 168 valence electrons. The zero-order valence-electron chi connectivity index (χ0n) is 18.6. The van der Waals surface area contributed by atoms with Crippen LogP contribution in [0.2, 0.25) is 10.0 Å². The molecular weight excluding hydrogens is 443 g/mol. The number of carbonyl (C=O) groups is 2. The van der Waals surface area contributed by atoms with Crippen LogP contribution < -0.4 is 5.32 Å². The summed E-state index contributed by atoms with van der Waals surface area (Å²) >= 11 is 12.4. The normalized spacial score (nSPS) is 12.1. The fourth-order valence-corrected chi connectivity index (χ4v) is 4.19. The van der Waals surface area contributed by atoms with Crippen LogP contribution in [-0.2, 0) is 22.6 Å². The summed E-state index contributed by atoms with van der Waals surface area (Å²) < 4.78 is 0. The Morgan fingerprint density at radius 2 is 1.66 bits per heavy atom. The number of nitrogens with one attached hydrogen (secondary N) is 1. The first-order valence-corrected chi connectivity index (χ1v) is 11.5. The van der Waals surface area contributed by atoms with Crippen LogP contribution >= 0.6 is 23.2 Å². The van der Waals surface area contributed by atoms with Crippen molar-refractivity contribution in [3.8, 4) is 0 Å². The lowest BCUT2D eigenvalue weighted by Gasteiger charge is -2.30. The van der Waals surface area contributed by atoms with E-state index in [1.165, 1.54) is 0 Å². The first-order valence-electron chi connectivity index (χ1n) is 10.8. The number of carbonyl (C=O) groups excluding carboxylic acids is 2. The summed E-state index contributed by atoms with van der Waals surface area (Å²) in [6.07, 6.45) is 0.877. The van der Waals surface area contributed by atoms with E-state index >= 15 is 0 Å². The van der Waals surface area contributed by atoms with E-state index in [9.17, 15) is 9.59 Å². The van der Waals surface area contributed by atoms with Crippen LogP contribution in [0.1, 0.15) is 38.3 Å². The molecule has 2 amide bonds. The van der Waals surface area contributed by atoms with Crippen molar-refractivity contribution in [1.29, 1.82) is 0 Å². The predicted octanol–water partition coefficient (Wildman–Crippen LogP) is 6.02. The third-order valence-corrected chi connectivity index (χ3v) is 6.03. The van der Waals surface area contributed by atoms with Crippen LogP contribution in [0.25, 0.3) is 10.8 Å². The molecule has 3 aromatic rings. The molecule has 6 heteroatoms. The molecule has 0 unspecified atom stereocenters. The molecule has 0 bridgehead atoms. The van der Waals surface area contributed by atoms with Gasteiger partial charge in [0.15, 0.2) is 0 Å². The summed E-state index contributed by atoms with van der Waals surface area (Å²) in [5.74, 6) is -0.293. The lowest BCUT2D eigenvalue weighted by Crippen LogP contribution is -2.49. The van der Waals surface area contributed by atoms with Crippen LogP contribution in [0, 0.1) is 0 Å². The van der Waals surface area contributed by atoms with Gasteiger partial charge in [-0.15, -0.1) is 0 Å². The first-order chi connectivity index (χ1) is 15.3. The Kier molecular flexibility index (Phi) is 8.16. The van der Waals surface area contributed by atoms with Crippen molar-refractivity contribution in [2.45, 2.75) is 52.2 Å². The second-order valence-corrected chi connectivity index (χ2v) is 9.08. The molecule has 32 heavy (non-hydrogen) atoms. The Hall–Kier alpha value is -2.56. The Morgan fingerprint density at radius 1 is 0.938 bits per heavy atom. The topological polar surface area (TPSA) is 49.4 Å². The SMILES string of the molecule is CC(C)NC(=O)[C@H](C)N(Cc1ccc(Cl)cc1Cl)C(=O)CCc1cccc2ccccc12. The van der Waals surface area contributed by atoms with Gasteiger partial charge in [-0.1, -0.05) is 71.7 Å². The Bertz CT molecular complexity index is 1110. The average Bonchev–Trinajstić information content (AvgIpc) is 2.76. The Morgan fingerprint density at radius 3 is 2.38 bits per heavy atom. The maximum Gasteiger partial charge on any atom is 0.242 e.